The largest absolute Gasteiger partial charge is 0.480 e. The van der Waals surface area contributed by atoms with Crippen LogP contribution in [-0.4, -0.2) is 24.2 Å². The molecule has 0 aliphatic rings. The lowest BCUT2D eigenvalue weighted by atomic mass is 10.0. The predicted octanol–water partition coefficient (Wildman–Crippen LogP) is 1.69. The zero-order valence-corrected chi connectivity index (χ0v) is 10.8. The minimum atomic E-state index is -1.11. The molecule has 1 aromatic rings. The number of halogens is 2. The van der Waals surface area contributed by atoms with Crippen molar-refractivity contribution < 1.29 is 19.0 Å². The highest BCUT2D eigenvalue weighted by Crippen LogP contribution is 2.23. The van der Waals surface area contributed by atoms with Crippen LogP contribution >= 0.6 is 15.9 Å². The first kappa shape index (κ1) is 14.1. The molecule has 0 bridgehead atoms. The van der Waals surface area contributed by atoms with Crippen LogP contribution in [0, 0.1) is 5.82 Å². The molecular weight excluding hydrogens is 293 g/mol. The first-order valence-electron chi connectivity index (χ1n) is 4.89. The lowest BCUT2D eigenvalue weighted by molar-refractivity contribution is -0.138. The van der Waals surface area contributed by atoms with Gasteiger partial charge in [0.05, 0.1) is 6.61 Å². The standard InChI is InChI=1S/C11H13BrFNO3/c1-17-5-7-8(12)2-6(3-9(7)13)4-10(14)11(15)16/h2-3,10H,4-5,14H2,1H3,(H,15,16). The van der Waals surface area contributed by atoms with E-state index in [2.05, 4.69) is 15.9 Å². The molecule has 17 heavy (non-hydrogen) atoms. The third-order valence-electron chi connectivity index (χ3n) is 2.26. The second-order valence-electron chi connectivity index (χ2n) is 3.62. The van der Waals surface area contributed by atoms with Crippen molar-refractivity contribution in [1.29, 1.82) is 0 Å². The molecule has 0 radical (unpaired) electrons. The van der Waals surface area contributed by atoms with Crippen LogP contribution < -0.4 is 5.73 Å². The summed E-state index contributed by atoms with van der Waals surface area (Å²) in [5, 5.41) is 8.67. The summed E-state index contributed by atoms with van der Waals surface area (Å²) < 4.78 is 19.1. The number of carboxylic acid groups (broad SMARTS) is 1. The monoisotopic (exact) mass is 305 g/mol. The van der Waals surface area contributed by atoms with Gasteiger partial charge in [-0.2, -0.15) is 0 Å². The number of carboxylic acids is 1. The van der Waals surface area contributed by atoms with Crippen molar-refractivity contribution in [3.05, 3.63) is 33.5 Å². The normalized spacial score (nSPS) is 12.5. The Morgan fingerprint density at radius 3 is 2.76 bits per heavy atom. The number of methoxy groups -OCH3 is 1. The Bertz CT molecular complexity index is 402. The molecule has 0 heterocycles. The summed E-state index contributed by atoms with van der Waals surface area (Å²) in [5.74, 6) is -1.55. The highest BCUT2D eigenvalue weighted by molar-refractivity contribution is 9.10. The molecule has 3 N–H and O–H groups in total. The van der Waals surface area contributed by atoms with Gasteiger partial charge in [0, 0.05) is 17.1 Å². The van der Waals surface area contributed by atoms with E-state index in [1.165, 1.54) is 13.2 Å². The summed E-state index contributed by atoms with van der Waals surface area (Å²) in [5.41, 5.74) is 6.32. The van der Waals surface area contributed by atoms with Gasteiger partial charge in [-0.05, 0) is 24.1 Å². The fourth-order valence-electron chi connectivity index (χ4n) is 1.40. The van der Waals surface area contributed by atoms with Gasteiger partial charge < -0.3 is 15.6 Å². The van der Waals surface area contributed by atoms with Gasteiger partial charge in [0.2, 0.25) is 0 Å². The van der Waals surface area contributed by atoms with Crippen molar-refractivity contribution in [2.45, 2.75) is 19.1 Å². The van der Waals surface area contributed by atoms with Crippen molar-refractivity contribution in [3.63, 3.8) is 0 Å². The van der Waals surface area contributed by atoms with Crippen molar-refractivity contribution in [2.75, 3.05) is 7.11 Å². The number of carbonyl (C=O) groups is 1. The van der Waals surface area contributed by atoms with Gasteiger partial charge >= 0.3 is 5.97 Å². The second kappa shape index (κ2) is 6.09. The quantitative estimate of drug-likeness (QED) is 0.868. The first-order chi connectivity index (χ1) is 7.95. The van der Waals surface area contributed by atoms with Gasteiger partial charge in [0.25, 0.3) is 0 Å². The highest BCUT2D eigenvalue weighted by Gasteiger charge is 2.15. The van der Waals surface area contributed by atoms with Gasteiger partial charge in [-0.1, -0.05) is 15.9 Å². The van der Waals surface area contributed by atoms with E-state index in [9.17, 15) is 9.18 Å². The molecule has 4 nitrogen and oxygen atoms in total. The summed E-state index contributed by atoms with van der Waals surface area (Å²) in [6, 6.07) is 1.90. The highest BCUT2D eigenvalue weighted by atomic mass is 79.9. The first-order valence-corrected chi connectivity index (χ1v) is 5.69. The molecule has 0 saturated carbocycles. The van der Waals surface area contributed by atoms with Crippen LogP contribution in [0.15, 0.2) is 16.6 Å². The van der Waals surface area contributed by atoms with Crippen molar-refractivity contribution in [2.24, 2.45) is 5.73 Å². The van der Waals surface area contributed by atoms with Crippen LogP contribution in [-0.2, 0) is 22.6 Å². The third kappa shape index (κ3) is 3.76. The molecular formula is C11H13BrFNO3. The fourth-order valence-corrected chi connectivity index (χ4v) is 1.99. The number of hydrogen-bond acceptors (Lipinski definition) is 3. The second-order valence-corrected chi connectivity index (χ2v) is 4.47. The van der Waals surface area contributed by atoms with Crippen LogP contribution in [0.3, 0.4) is 0 Å². The molecule has 0 aliphatic heterocycles. The average molecular weight is 306 g/mol. The van der Waals surface area contributed by atoms with E-state index in [1.54, 1.807) is 6.07 Å². The minimum Gasteiger partial charge on any atom is -0.480 e. The van der Waals surface area contributed by atoms with Crippen LogP contribution in [0.1, 0.15) is 11.1 Å². The van der Waals surface area contributed by atoms with E-state index in [4.69, 9.17) is 15.6 Å². The maximum Gasteiger partial charge on any atom is 0.320 e. The molecule has 1 atom stereocenters. The van der Waals surface area contributed by atoms with E-state index in [0.29, 0.717) is 15.6 Å². The Labute approximate surface area is 107 Å². The van der Waals surface area contributed by atoms with Crippen LogP contribution in [0.4, 0.5) is 4.39 Å². The van der Waals surface area contributed by atoms with Crippen LogP contribution in [0.25, 0.3) is 0 Å². The molecule has 0 aromatic heterocycles. The van der Waals surface area contributed by atoms with Crippen molar-refractivity contribution in [1.82, 2.24) is 0 Å². The lowest BCUT2D eigenvalue weighted by Crippen LogP contribution is -2.32. The van der Waals surface area contributed by atoms with Gasteiger partial charge in [0.15, 0.2) is 0 Å². The van der Waals surface area contributed by atoms with Crippen molar-refractivity contribution >= 4 is 21.9 Å². The molecule has 0 fully saturated rings. The van der Waals surface area contributed by atoms with Gasteiger partial charge in [-0.15, -0.1) is 0 Å². The van der Waals surface area contributed by atoms with E-state index < -0.39 is 17.8 Å². The van der Waals surface area contributed by atoms with Crippen molar-refractivity contribution in [3.8, 4) is 0 Å². The maximum atomic E-state index is 13.7. The topological polar surface area (TPSA) is 72.5 Å². The van der Waals surface area contributed by atoms with E-state index in [0.717, 1.165) is 0 Å². The van der Waals surface area contributed by atoms with E-state index in [1.807, 2.05) is 0 Å². The third-order valence-corrected chi connectivity index (χ3v) is 2.97. The number of rotatable bonds is 5. The van der Waals surface area contributed by atoms with Crippen LogP contribution in [0.5, 0.6) is 0 Å². The van der Waals surface area contributed by atoms with Crippen LogP contribution in [0.2, 0.25) is 0 Å². The zero-order valence-electron chi connectivity index (χ0n) is 9.24. The summed E-state index contributed by atoms with van der Waals surface area (Å²) in [4.78, 5) is 10.6. The summed E-state index contributed by atoms with van der Waals surface area (Å²) in [7, 11) is 1.47. The maximum absolute atomic E-state index is 13.7. The smallest absolute Gasteiger partial charge is 0.320 e. The zero-order chi connectivity index (χ0) is 13.0. The fraction of sp³-hybridized carbons (Fsp3) is 0.364. The van der Waals surface area contributed by atoms with E-state index >= 15 is 0 Å². The van der Waals surface area contributed by atoms with Gasteiger partial charge in [-0.3, -0.25) is 4.79 Å². The molecule has 6 heteroatoms. The Morgan fingerprint density at radius 2 is 2.29 bits per heavy atom. The summed E-state index contributed by atoms with van der Waals surface area (Å²) >= 11 is 3.22. The molecule has 0 aliphatic carbocycles. The molecule has 0 amide bonds. The predicted molar refractivity (Wildman–Crippen MR) is 64.1 cm³/mol. The van der Waals surface area contributed by atoms with Gasteiger partial charge in [0.1, 0.15) is 11.9 Å². The molecule has 1 rings (SSSR count). The molecule has 0 saturated heterocycles. The summed E-state index contributed by atoms with van der Waals surface area (Å²) in [6.07, 6.45) is 0.0815. The number of nitrogens with two attached hydrogens (primary N) is 1. The number of hydrogen-bond donors (Lipinski definition) is 2. The Morgan fingerprint density at radius 1 is 1.65 bits per heavy atom. The Kier molecular flexibility index (Phi) is 5.04. The minimum absolute atomic E-state index is 0.0815. The summed E-state index contributed by atoms with van der Waals surface area (Å²) in [6.45, 7) is 0.150. The Balaban J connectivity index is 2.94. The SMILES string of the molecule is COCc1c(F)cc(CC(N)C(=O)O)cc1Br. The number of ether oxygens (including phenoxy) is 1. The molecule has 0 spiro atoms. The van der Waals surface area contributed by atoms with Gasteiger partial charge in [-0.25, -0.2) is 4.39 Å². The number of aliphatic carboxylic acids is 1. The molecule has 1 unspecified atom stereocenters. The average Bonchev–Trinajstić information content (AvgIpc) is 2.23. The molecule has 1 aromatic carbocycles. The Hall–Kier alpha value is -0.980. The van der Waals surface area contributed by atoms with E-state index in [-0.39, 0.29) is 13.0 Å². The number of benzene rings is 1. The molecule has 94 valence electrons. The lowest BCUT2D eigenvalue weighted by Gasteiger charge is -2.10.